The minimum Gasteiger partial charge on any atom is -0.545 e. The molecular formula is C25H22NO3-. The molecule has 0 saturated carbocycles. The number of carbonyl (C=O) groups is 1. The number of aromatic nitrogens is 1. The minimum atomic E-state index is -1.23. The van der Waals surface area contributed by atoms with Gasteiger partial charge in [-0.1, -0.05) is 49.7 Å². The molecule has 1 atom stereocenters. The van der Waals surface area contributed by atoms with E-state index in [1.807, 2.05) is 49.4 Å². The van der Waals surface area contributed by atoms with Crippen molar-refractivity contribution in [2.75, 3.05) is 0 Å². The molecule has 0 fully saturated rings. The quantitative estimate of drug-likeness (QED) is 0.465. The first-order chi connectivity index (χ1) is 14.0. The van der Waals surface area contributed by atoms with Gasteiger partial charge < -0.3 is 14.3 Å². The van der Waals surface area contributed by atoms with E-state index >= 15 is 0 Å². The molecule has 29 heavy (non-hydrogen) atoms. The summed E-state index contributed by atoms with van der Waals surface area (Å²) >= 11 is 0. The van der Waals surface area contributed by atoms with Crippen LogP contribution < -0.4 is 5.11 Å². The third-order valence-corrected chi connectivity index (χ3v) is 5.42. The summed E-state index contributed by atoms with van der Waals surface area (Å²) in [6.07, 6.45) is 1.10. The minimum absolute atomic E-state index is 0.115. The Morgan fingerprint density at radius 2 is 1.76 bits per heavy atom. The molecule has 4 heteroatoms. The van der Waals surface area contributed by atoms with E-state index < -0.39 is 5.97 Å². The Hall–Kier alpha value is -3.40. The van der Waals surface area contributed by atoms with Gasteiger partial charge in [-0.15, -0.1) is 0 Å². The molecular weight excluding hydrogens is 362 g/mol. The van der Waals surface area contributed by atoms with Crippen LogP contribution in [0.15, 0.2) is 65.1 Å². The number of carboxylic acids is 1. The van der Waals surface area contributed by atoms with Crippen molar-refractivity contribution in [2.24, 2.45) is 0 Å². The number of aromatic carboxylic acids is 1. The fourth-order valence-corrected chi connectivity index (χ4v) is 3.48. The van der Waals surface area contributed by atoms with Gasteiger partial charge in [0.25, 0.3) is 0 Å². The number of fused-ring (bicyclic) bond motifs is 1. The highest BCUT2D eigenvalue weighted by atomic mass is 16.4. The number of pyridine rings is 1. The summed E-state index contributed by atoms with van der Waals surface area (Å²) in [5, 5.41) is 12.2. The molecule has 4 nitrogen and oxygen atoms in total. The average molecular weight is 384 g/mol. The second-order valence-corrected chi connectivity index (χ2v) is 7.46. The second-order valence-electron chi connectivity index (χ2n) is 7.46. The Balaban J connectivity index is 1.73. The van der Waals surface area contributed by atoms with Crippen molar-refractivity contribution in [1.29, 1.82) is 0 Å². The summed E-state index contributed by atoms with van der Waals surface area (Å²) in [5.74, 6) is 0.536. The van der Waals surface area contributed by atoms with Crippen LogP contribution in [0.4, 0.5) is 0 Å². The number of furan rings is 1. The fraction of sp³-hybridized carbons (Fsp3) is 0.200. The highest BCUT2D eigenvalue weighted by molar-refractivity contribution is 6.02. The first-order valence-electron chi connectivity index (χ1n) is 9.79. The molecule has 0 spiro atoms. The number of hydrogen-bond acceptors (Lipinski definition) is 4. The van der Waals surface area contributed by atoms with Gasteiger partial charge in [0.2, 0.25) is 0 Å². The number of carbonyl (C=O) groups excluding carboxylic acids is 1. The largest absolute Gasteiger partial charge is 0.545 e. The van der Waals surface area contributed by atoms with Gasteiger partial charge in [-0.05, 0) is 55.2 Å². The normalized spacial score (nSPS) is 12.2. The number of nitrogens with zero attached hydrogens (tertiary/aromatic N) is 1. The molecule has 0 N–H and O–H groups in total. The third-order valence-electron chi connectivity index (χ3n) is 5.42. The Kier molecular flexibility index (Phi) is 4.93. The highest BCUT2D eigenvalue weighted by Gasteiger charge is 2.13. The van der Waals surface area contributed by atoms with E-state index in [0.717, 1.165) is 23.3 Å². The van der Waals surface area contributed by atoms with Crippen molar-refractivity contribution in [3.05, 3.63) is 77.4 Å². The molecule has 0 unspecified atom stereocenters. The molecule has 146 valence electrons. The van der Waals surface area contributed by atoms with Crippen LogP contribution in [0.1, 0.15) is 47.7 Å². The van der Waals surface area contributed by atoms with E-state index in [1.165, 1.54) is 11.6 Å². The van der Waals surface area contributed by atoms with E-state index in [9.17, 15) is 9.90 Å². The fourth-order valence-electron chi connectivity index (χ4n) is 3.48. The Morgan fingerprint density at radius 3 is 2.45 bits per heavy atom. The summed E-state index contributed by atoms with van der Waals surface area (Å²) in [7, 11) is 0. The molecule has 0 aliphatic heterocycles. The predicted octanol–water partition coefficient (Wildman–Crippen LogP) is 5.35. The molecule has 0 aliphatic rings. The molecule has 4 rings (SSSR count). The topological polar surface area (TPSA) is 66.2 Å². The van der Waals surface area contributed by atoms with Crippen LogP contribution in [-0.2, 0) is 0 Å². The van der Waals surface area contributed by atoms with Crippen LogP contribution in [0.25, 0.3) is 33.7 Å². The van der Waals surface area contributed by atoms with E-state index in [0.29, 0.717) is 28.3 Å². The number of benzene rings is 2. The number of hydrogen-bond donors (Lipinski definition) is 0. The molecule has 2 aromatic carbocycles. The smallest absolute Gasteiger partial charge is 0.153 e. The van der Waals surface area contributed by atoms with Crippen LogP contribution in [0, 0.1) is 6.92 Å². The second kappa shape index (κ2) is 7.55. The van der Waals surface area contributed by atoms with Crippen LogP contribution in [-0.4, -0.2) is 11.0 Å². The van der Waals surface area contributed by atoms with E-state index in [2.05, 4.69) is 31.0 Å². The monoisotopic (exact) mass is 384 g/mol. The van der Waals surface area contributed by atoms with Gasteiger partial charge in [0, 0.05) is 16.5 Å². The van der Waals surface area contributed by atoms with E-state index in [4.69, 9.17) is 4.42 Å². The van der Waals surface area contributed by atoms with Crippen LogP contribution in [0.3, 0.4) is 0 Å². The van der Waals surface area contributed by atoms with Crippen molar-refractivity contribution < 1.29 is 14.3 Å². The van der Waals surface area contributed by atoms with E-state index in [-0.39, 0.29) is 5.56 Å². The Morgan fingerprint density at radius 1 is 1.03 bits per heavy atom. The van der Waals surface area contributed by atoms with Gasteiger partial charge in [0.1, 0.15) is 11.5 Å². The van der Waals surface area contributed by atoms with E-state index in [1.54, 1.807) is 0 Å². The maximum absolute atomic E-state index is 11.7. The van der Waals surface area contributed by atoms with Gasteiger partial charge in [-0.2, -0.15) is 0 Å². The maximum atomic E-state index is 11.7. The van der Waals surface area contributed by atoms with Crippen molar-refractivity contribution in [3.8, 4) is 22.8 Å². The average Bonchev–Trinajstić information content (AvgIpc) is 3.22. The summed E-state index contributed by atoms with van der Waals surface area (Å²) in [4.78, 5) is 16.3. The molecule has 0 radical (unpaired) electrons. The van der Waals surface area contributed by atoms with Crippen molar-refractivity contribution >= 4 is 16.9 Å². The zero-order valence-electron chi connectivity index (χ0n) is 16.7. The summed E-state index contributed by atoms with van der Waals surface area (Å²) < 4.78 is 6.01. The van der Waals surface area contributed by atoms with Crippen molar-refractivity contribution in [1.82, 2.24) is 4.98 Å². The number of rotatable bonds is 5. The van der Waals surface area contributed by atoms with Crippen molar-refractivity contribution in [3.63, 3.8) is 0 Å². The molecule has 2 heterocycles. The molecule has 0 aliphatic carbocycles. The van der Waals surface area contributed by atoms with Crippen LogP contribution in [0.2, 0.25) is 0 Å². The molecule has 2 aromatic heterocycles. The summed E-state index contributed by atoms with van der Waals surface area (Å²) in [5.41, 5.74) is 4.43. The lowest BCUT2D eigenvalue weighted by atomic mass is 9.97. The first kappa shape index (κ1) is 18.9. The van der Waals surface area contributed by atoms with Crippen LogP contribution in [0.5, 0.6) is 0 Å². The lowest BCUT2D eigenvalue weighted by Crippen LogP contribution is -2.22. The first-order valence-corrected chi connectivity index (χ1v) is 9.79. The third kappa shape index (κ3) is 3.66. The van der Waals surface area contributed by atoms with Gasteiger partial charge in [0.05, 0.1) is 11.5 Å². The van der Waals surface area contributed by atoms with Gasteiger partial charge >= 0.3 is 0 Å². The number of aryl methyl sites for hydroxylation is 1. The SMILES string of the molecule is CC[C@H](C)c1ccc(-c2ccc(-c3cc(C(=O)[O-])c4cc(C)ccc4n3)o2)cc1. The number of carboxylic acid groups (broad SMARTS) is 1. The zero-order chi connectivity index (χ0) is 20.5. The molecule has 0 amide bonds. The molecule has 0 bridgehead atoms. The maximum Gasteiger partial charge on any atom is 0.153 e. The summed E-state index contributed by atoms with van der Waals surface area (Å²) in [6.45, 7) is 6.30. The summed E-state index contributed by atoms with van der Waals surface area (Å²) in [6, 6.07) is 19.1. The van der Waals surface area contributed by atoms with Gasteiger partial charge in [0.15, 0.2) is 5.76 Å². The van der Waals surface area contributed by atoms with Gasteiger partial charge in [-0.25, -0.2) is 4.98 Å². The Bertz CT molecular complexity index is 1190. The zero-order valence-corrected chi connectivity index (χ0v) is 16.7. The molecule has 0 saturated heterocycles. The lowest BCUT2D eigenvalue weighted by Gasteiger charge is -2.10. The highest BCUT2D eigenvalue weighted by Crippen LogP contribution is 2.31. The standard InChI is InChI=1S/C25H23NO3/c1-4-16(3)17-6-8-18(9-7-17)23-11-12-24(29-23)22-14-20(25(27)28)19-13-15(2)5-10-21(19)26-22/h5-14,16H,4H2,1-3H3,(H,27,28)/p-1/t16-/m0/s1. The Labute approximate surface area is 169 Å². The molecule has 4 aromatic rings. The lowest BCUT2D eigenvalue weighted by molar-refractivity contribution is -0.254. The van der Waals surface area contributed by atoms with Crippen molar-refractivity contribution in [2.45, 2.75) is 33.1 Å². The van der Waals surface area contributed by atoms with Gasteiger partial charge in [-0.3, -0.25) is 0 Å². The predicted molar refractivity (Wildman–Crippen MR) is 113 cm³/mol. The van der Waals surface area contributed by atoms with Crippen LogP contribution >= 0.6 is 0 Å².